The quantitative estimate of drug-likeness (QED) is 0.752. The van der Waals surface area contributed by atoms with Crippen molar-refractivity contribution in [2.75, 3.05) is 7.11 Å². The van der Waals surface area contributed by atoms with E-state index in [2.05, 4.69) is 15.4 Å². The van der Waals surface area contributed by atoms with E-state index < -0.39 is 0 Å². The molecule has 3 aromatic rings. The van der Waals surface area contributed by atoms with Gasteiger partial charge < -0.3 is 14.5 Å². The summed E-state index contributed by atoms with van der Waals surface area (Å²) < 4.78 is 12.7. The largest absolute Gasteiger partial charge is 0.493 e. The topological polar surface area (TPSA) is 82.2 Å². The molecule has 0 aliphatic heterocycles. The Kier molecular flexibility index (Phi) is 4.50. The minimum absolute atomic E-state index is 0.0886. The Hall–Kier alpha value is -2.83. The highest BCUT2D eigenvalue weighted by Gasteiger charge is 2.21. The Morgan fingerprint density at radius 2 is 2.25 bits per heavy atom. The smallest absolute Gasteiger partial charge is 0.287 e. The lowest BCUT2D eigenvalue weighted by Gasteiger charge is -2.21. The zero-order valence-corrected chi connectivity index (χ0v) is 13.9. The first kappa shape index (κ1) is 16.0. The Morgan fingerprint density at radius 3 is 2.92 bits per heavy atom. The van der Waals surface area contributed by atoms with Gasteiger partial charge in [-0.05, 0) is 18.1 Å². The average Bonchev–Trinajstić information content (AvgIpc) is 3.22. The van der Waals surface area contributed by atoms with Crippen LogP contribution < -0.4 is 10.1 Å². The molecule has 1 N–H and O–H groups in total. The molecule has 0 fully saturated rings. The molecule has 0 saturated carbocycles. The number of hydrogen-bond donors (Lipinski definition) is 1. The first-order valence-electron chi connectivity index (χ1n) is 7.78. The fraction of sp³-hybridized carbons (Fsp3) is 0.353. The lowest BCUT2D eigenvalue weighted by atomic mass is 10.0. The second-order valence-corrected chi connectivity index (χ2v) is 5.93. The fourth-order valence-corrected chi connectivity index (χ4v) is 2.50. The summed E-state index contributed by atoms with van der Waals surface area (Å²) in [4.78, 5) is 16.5. The van der Waals surface area contributed by atoms with Crippen molar-refractivity contribution in [3.8, 4) is 5.75 Å². The van der Waals surface area contributed by atoms with E-state index in [9.17, 15) is 4.79 Å². The van der Waals surface area contributed by atoms with Crippen LogP contribution in [-0.2, 0) is 6.54 Å². The molecule has 0 saturated heterocycles. The Bertz CT molecular complexity index is 824. The third-order valence-electron chi connectivity index (χ3n) is 3.92. The molecule has 1 atom stereocenters. The van der Waals surface area contributed by atoms with E-state index in [1.807, 2.05) is 26.0 Å². The predicted octanol–water partition coefficient (Wildman–Crippen LogP) is 2.49. The number of rotatable bonds is 6. The maximum atomic E-state index is 12.6. The molecule has 0 spiro atoms. The predicted molar refractivity (Wildman–Crippen MR) is 88.9 cm³/mol. The average molecular weight is 328 g/mol. The number of carbonyl (C=O) groups is 1. The molecule has 126 valence electrons. The summed E-state index contributed by atoms with van der Waals surface area (Å²) in [5, 5.41) is 7.93. The van der Waals surface area contributed by atoms with Gasteiger partial charge in [-0.1, -0.05) is 26.0 Å². The highest BCUT2D eigenvalue weighted by molar-refractivity contribution is 5.97. The van der Waals surface area contributed by atoms with Crippen molar-refractivity contribution in [3.05, 3.63) is 42.7 Å². The van der Waals surface area contributed by atoms with E-state index in [-0.39, 0.29) is 23.6 Å². The molecule has 1 amide bonds. The van der Waals surface area contributed by atoms with E-state index in [1.54, 1.807) is 30.3 Å². The van der Waals surface area contributed by atoms with Crippen molar-refractivity contribution in [3.63, 3.8) is 0 Å². The highest BCUT2D eigenvalue weighted by atomic mass is 16.5. The number of fused-ring (bicyclic) bond motifs is 1. The molecule has 7 heteroatoms. The number of para-hydroxylation sites is 1. The molecule has 7 nitrogen and oxygen atoms in total. The zero-order valence-electron chi connectivity index (χ0n) is 13.9. The van der Waals surface area contributed by atoms with Crippen LogP contribution in [0.1, 0.15) is 24.4 Å². The van der Waals surface area contributed by atoms with Gasteiger partial charge in [0.15, 0.2) is 17.1 Å². The van der Waals surface area contributed by atoms with Gasteiger partial charge in [0.25, 0.3) is 5.91 Å². The number of amides is 1. The van der Waals surface area contributed by atoms with Crippen LogP contribution in [0.25, 0.3) is 11.0 Å². The van der Waals surface area contributed by atoms with Crippen LogP contribution in [-0.4, -0.2) is 33.8 Å². The third kappa shape index (κ3) is 3.24. The zero-order chi connectivity index (χ0) is 17.1. The summed E-state index contributed by atoms with van der Waals surface area (Å²) in [6, 6.07) is 7.18. The molecule has 2 aromatic heterocycles. The number of benzene rings is 1. The highest BCUT2D eigenvalue weighted by Crippen LogP contribution is 2.28. The van der Waals surface area contributed by atoms with Gasteiger partial charge in [-0.2, -0.15) is 5.10 Å². The van der Waals surface area contributed by atoms with Crippen molar-refractivity contribution < 1.29 is 13.9 Å². The van der Waals surface area contributed by atoms with E-state index in [1.165, 1.54) is 6.33 Å². The van der Waals surface area contributed by atoms with Gasteiger partial charge in [-0.3, -0.25) is 9.48 Å². The van der Waals surface area contributed by atoms with E-state index in [4.69, 9.17) is 9.15 Å². The summed E-state index contributed by atoms with van der Waals surface area (Å²) in [7, 11) is 1.57. The minimum atomic E-state index is -0.257. The normalized spacial score (nSPS) is 12.5. The van der Waals surface area contributed by atoms with Crippen LogP contribution >= 0.6 is 0 Å². The van der Waals surface area contributed by atoms with Crippen LogP contribution in [0.4, 0.5) is 0 Å². The standard InChI is InChI=1S/C17H20N4O3/c1-11(2)13(8-21-10-18-9-19-21)20-17(22)15-7-12-5-4-6-14(23-3)16(12)24-15/h4-7,9-11,13H,8H2,1-3H3,(H,20,22)/t13-/m0/s1. The second-order valence-electron chi connectivity index (χ2n) is 5.93. The molecular weight excluding hydrogens is 308 g/mol. The molecule has 2 heterocycles. The van der Waals surface area contributed by atoms with Crippen molar-refractivity contribution in [2.45, 2.75) is 26.4 Å². The molecule has 24 heavy (non-hydrogen) atoms. The number of ether oxygens (including phenoxy) is 1. The number of nitrogens with one attached hydrogen (secondary N) is 1. The van der Waals surface area contributed by atoms with Crippen LogP contribution in [0, 0.1) is 5.92 Å². The lowest BCUT2D eigenvalue weighted by Crippen LogP contribution is -2.41. The summed E-state index contributed by atoms with van der Waals surface area (Å²) in [5.41, 5.74) is 0.572. The number of furan rings is 1. The molecule has 0 aliphatic carbocycles. The van der Waals surface area contributed by atoms with E-state index in [0.717, 1.165) is 5.39 Å². The molecule has 0 radical (unpaired) electrons. The Labute approximate surface area is 139 Å². The van der Waals surface area contributed by atoms with Crippen molar-refractivity contribution in [2.24, 2.45) is 5.92 Å². The van der Waals surface area contributed by atoms with Crippen LogP contribution in [0.3, 0.4) is 0 Å². The minimum Gasteiger partial charge on any atom is -0.493 e. The third-order valence-corrected chi connectivity index (χ3v) is 3.92. The van der Waals surface area contributed by atoms with Gasteiger partial charge in [0.1, 0.15) is 12.7 Å². The molecule has 3 rings (SSSR count). The lowest BCUT2D eigenvalue weighted by molar-refractivity contribution is 0.0893. The van der Waals surface area contributed by atoms with E-state index in [0.29, 0.717) is 17.9 Å². The van der Waals surface area contributed by atoms with Crippen molar-refractivity contribution in [1.29, 1.82) is 0 Å². The molecular formula is C17H20N4O3. The SMILES string of the molecule is COc1cccc2cc(C(=O)N[C@@H](Cn3cncn3)C(C)C)oc12. The number of hydrogen-bond acceptors (Lipinski definition) is 5. The van der Waals surface area contributed by atoms with Crippen molar-refractivity contribution >= 4 is 16.9 Å². The summed E-state index contributed by atoms with van der Waals surface area (Å²) >= 11 is 0. The summed E-state index contributed by atoms with van der Waals surface area (Å²) in [6.07, 6.45) is 3.11. The maximum absolute atomic E-state index is 12.6. The second kappa shape index (κ2) is 6.74. The van der Waals surface area contributed by atoms with Gasteiger partial charge in [-0.25, -0.2) is 4.98 Å². The summed E-state index contributed by atoms with van der Waals surface area (Å²) in [5.74, 6) is 0.845. The first-order chi connectivity index (χ1) is 11.6. The van der Waals surface area contributed by atoms with Gasteiger partial charge in [0.2, 0.25) is 0 Å². The van der Waals surface area contributed by atoms with Crippen LogP contribution in [0.5, 0.6) is 5.75 Å². The summed E-state index contributed by atoms with van der Waals surface area (Å²) in [6.45, 7) is 4.64. The first-order valence-corrected chi connectivity index (χ1v) is 7.78. The Morgan fingerprint density at radius 1 is 1.42 bits per heavy atom. The van der Waals surface area contributed by atoms with Gasteiger partial charge in [0, 0.05) is 5.39 Å². The van der Waals surface area contributed by atoms with Gasteiger partial charge >= 0.3 is 0 Å². The Balaban J connectivity index is 1.80. The number of aromatic nitrogens is 3. The van der Waals surface area contributed by atoms with Gasteiger partial charge in [-0.15, -0.1) is 0 Å². The van der Waals surface area contributed by atoms with Crippen LogP contribution in [0.15, 0.2) is 41.3 Å². The number of carbonyl (C=O) groups excluding carboxylic acids is 1. The van der Waals surface area contributed by atoms with E-state index >= 15 is 0 Å². The van der Waals surface area contributed by atoms with Crippen LogP contribution in [0.2, 0.25) is 0 Å². The molecule has 0 aliphatic rings. The molecule has 0 unspecified atom stereocenters. The number of methoxy groups -OCH3 is 1. The van der Waals surface area contributed by atoms with Gasteiger partial charge in [0.05, 0.1) is 19.7 Å². The monoisotopic (exact) mass is 328 g/mol. The number of nitrogens with zero attached hydrogens (tertiary/aromatic N) is 3. The van der Waals surface area contributed by atoms with Crippen molar-refractivity contribution in [1.82, 2.24) is 20.1 Å². The fourth-order valence-electron chi connectivity index (χ4n) is 2.50. The maximum Gasteiger partial charge on any atom is 0.287 e. The molecule has 0 bridgehead atoms. The molecule has 1 aromatic carbocycles.